The lowest BCUT2D eigenvalue weighted by Gasteiger charge is -2.31. The number of likely N-dealkylation sites (tertiary alicyclic amines) is 1. The Bertz CT molecular complexity index is 1020. The topological polar surface area (TPSA) is 96.2 Å². The minimum atomic E-state index is -0.104. The van der Waals surface area contributed by atoms with E-state index in [-0.39, 0.29) is 17.4 Å². The number of rotatable bonds is 3. The van der Waals surface area contributed by atoms with Crippen LogP contribution in [0.3, 0.4) is 0 Å². The van der Waals surface area contributed by atoms with E-state index in [1.165, 1.54) is 4.52 Å². The molecule has 0 unspecified atom stereocenters. The molecule has 26 heavy (non-hydrogen) atoms. The van der Waals surface area contributed by atoms with Crippen molar-refractivity contribution >= 4 is 23.1 Å². The van der Waals surface area contributed by atoms with Crippen LogP contribution in [0.5, 0.6) is 0 Å². The number of fused-ring (bicyclic) bond motifs is 1. The molecule has 1 aliphatic heterocycles. The number of hydrogen-bond acceptors (Lipinski definition) is 6. The zero-order valence-electron chi connectivity index (χ0n) is 14.7. The molecule has 0 bridgehead atoms. The maximum Gasteiger partial charge on any atom is 0.272 e. The van der Waals surface area contributed by atoms with Crippen LogP contribution >= 0.6 is 11.5 Å². The second kappa shape index (κ2) is 6.64. The maximum absolute atomic E-state index is 12.7. The van der Waals surface area contributed by atoms with Gasteiger partial charge in [-0.1, -0.05) is 11.4 Å². The number of H-pyrrole nitrogens is 1. The molecule has 0 saturated carbocycles. The first kappa shape index (κ1) is 16.9. The van der Waals surface area contributed by atoms with E-state index in [0.29, 0.717) is 22.8 Å². The lowest BCUT2D eigenvalue weighted by Crippen LogP contribution is -2.39. The summed E-state index contributed by atoms with van der Waals surface area (Å²) in [6, 6.07) is 3.49. The van der Waals surface area contributed by atoms with E-state index in [9.17, 15) is 9.59 Å². The molecule has 1 aliphatic rings. The quantitative estimate of drug-likeness (QED) is 0.756. The van der Waals surface area contributed by atoms with Crippen molar-refractivity contribution in [2.24, 2.45) is 0 Å². The summed E-state index contributed by atoms with van der Waals surface area (Å²) in [6.07, 6.45) is 2.60. The van der Waals surface area contributed by atoms with Gasteiger partial charge >= 0.3 is 0 Å². The van der Waals surface area contributed by atoms with Crippen molar-refractivity contribution in [3.63, 3.8) is 0 Å². The number of aromatic nitrogens is 5. The third-order valence-corrected chi connectivity index (χ3v) is 5.70. The minimum Gasteiger partial charge on any atom is -0.337 e. The van der Waals surface area contributed by atoms with Gasteiger partial charge < -0.3 is 4.90 Å². The number of carbonyl (C=O) groups is 1. The van der Waals surface area contributed by atoms with E-state index in [4.69, 9.17) is 0 Å². The van der Waals surface area contributed by atoms with Crippen LogP contribution in [0.25, 0.3) is 5.65 Å². The summed E-state index contributed by atoms with van der Waals surface area (Å²) < 4.78 is 5.34. The Hall–Kier alpha value is -2.55. The Morgan fingerprint density at radius 2 is 2.27 bits per heavy atom. The molecular weight excluding hydrogens is 352 g/mol. The van der Waals surface area contributed by atoms with Crippen LogP contribution < -0.4 is 5.56 Å². The molecule has 1 amide bonds. The number of nitrogens with zero attached hydrogens (tertiary/aromatic N) is 5. The summed E-state index contributed by atoms with van der Waals surface area (Å²) in [5.41, 5.74) is 2.94. The van der Waals surface area contributed by atoms with Gasteiger partial charge in [-0.25, -0.2) is 9.50 Å². The number of amides is 1. The van der Waals surface area contributed by atoms with Gasteiger partial charge in [0.15, 0.2) is 5.65 Å². The molecule has 1 saturated heterocycles. The number of aryl methyl sites for hydroxylation is 2. The molecule has 1 fully saturated rings. The van der Waals surface area contributed by atoms with Crippen molar-refractivity contribution in [1.29, 1.82) is 0 Å². The molecule has 4 rings (SSSR count). The van der Waals surface area contributed by atoms with E-state index < -0.39 is 0 Å². The van der Waals surface area contributed by atoms with E-state index in [0.717, 1.165) is 48.7 Å². The fourth-order valence-corrected chi connectivity index (χ4v) is 4.06. The van der Waals surface area contributed by atoms with Crippen LogP contribution in [0.1, 0.15) is 52.4 Å². The number of hydrogen-bond donors (Lipinski definition) is 1. The summed E-state index contributed by atoms with van der Waals surface area (Å²) in [5, 5.41) is 7.11. The Balaban J connectivity index is 1.61. The normalized spacial score (nSPS) is 17.8. The van der Waals surface area contributed by atoms with Crippen LogP contribution in [0, 0.1) is 6.92 Å². The third kappa shape index (κ3) is 2.92. The van der Waals surface area contributed by atoms with Gasteiger partial charge in [-0.05, 0) is 37.7 Å². The molecular formula is C17H20N6O2S. The predicted octanol–water partition coefficient (Wildman–Crippen LogP) is 1.76. The van der Waals surface area contributed by atoms with Gasteiger partial charge in [0.2, 0.25) is 0 Å². The van der Waals surface area contributed by atoms with E-state index in [2.05, 4.69) is 19.7 Å². The highest BCUT2D eigenvalue weighted by atomic mass is 32.1. The van der Waals surface area contributed by atoms with Crippen LogP contribution in [0.4, 0.5) is 0 Å². The van der Waals surface area contributed by atoms with E-state index >= 15 is 0 Å². The SMILES string of the molecule is CCc1cc(=O)n2[nH]c([C@@H]3CCCN(C(=O)c4snnc4C)C3)cc2n1. The lowest BCUT2D eigenvalue weighted by atomic mass is 9.94. The summed E-state index contributed by atoms with van der Waals surface area (Å²) in [6.45, 7) is 5.12. The van der Waals surface area contributed by atoms with Crippen molar-refractivity contribution < 1.29 is 4.79 Å². The van der Waals surface area contributed by atoms with Crippen LogP contribution in [-0.4, -0.2) is 48.1 Å². The van der Waals surface area contributed by atoms with Crippen LogP contribution in [0.15, 0.2) is 16.9 Å². The molecule has 3 aromatic heterocycles. The molecule has 1 atom stereocenters. The molecule has 8 nitrogen and oxygen atoms in total. The number of piperidine rings is 1. The van der Waals surface area contributed by atoms with Crippen molar-refractivity contribution in [2.75, 3.05) is 13.1 Å². The van der Waals surface area contributed by atoms with Gasteiger partial charge in [0, 0.05) is 42.5 Å². The average molecular weight is 372 g/mol. The van der Waals surface area contributed by atoms with Crippen molar-refractivity contribution in [1.82, 2.24) is 29.1 Å². The monoisotopic (exact) mass is 372 g/mol. The highest BCUT2D eigenvalue weighted by Gasteiger charge is 2.28. The Morgan fingerprint density at radius 1 is 1.42 bits per heavy atom. The Kier molecular flexibility index (Phi) is 4.31. The Morgan fingerprint density at radius 3 is 3.00 bits per heavy atom. The fourth-order valence-electron chi connectivity index (χ4n) is 3.44. The molecule has 0 aromatic carbocycles. The summed E-state index contributed by atoms with van der Waals surface area (Å²) in [7, 11) is 0. The average Bonchev–Trinajstić information content (AvgIpc) is 3.27. The minimum absolute atomic E-state index is 0.0122. The van der Waals surface area contributed by atoms with Crippen molar-refractivity contribution in [3.8, 4) is 0 Å². The lowest BCUT2D eigenvalue weighted by molar-refractivity contribution is 0.0710. The number of aromatic amines is 1. The highest BCUT2D eigenvalue weighted by Crippen LogP contribution is 2.28. The van der Waals surface area contributed by atoms with Gasteiger partial charge in [-0.2, -0.15) is 0 Å². The molecule has 0 spiro atoms. The number of nitrogens with one attached hydrogen (secondary N) is 1. The van der Waals surface area contributed by atoms with Crippen molar-refractivity contribution in [3.05, 3.63) is 44.4 Å². The van der Waals surface area contributed by atoms with Crippen LogP contribution in [0.2, 0.25) is 0 Å². The fraction of sp³-hybridized carbons (Fsp3) is 0.471. The Labute approximate surface area is 154 Å². The maximum atomic E-state index is 12.7. The van der Waals surface area contributed by atoms with E-state index in [1.54, 1.807) is 13.0 Å². The molecule has 0 radical (unpaired) electrons. The highest BCUT2D eigenvalue weighted by molar-refractivity contribution is 7.07. The third-order valence-electron chi connectivity index (χ3n) is 4.88. The first-order valence-electron chi connectivity index (χ1n) is 8.76. The number of carbonyl (C=O) groups excluding carboxylic acids is 1. The second-order valence-corrected chi connectivity index (χ2v) is 7.38. The zero-order chi connectivity index (χ0) is 18.3. The summed E-state index contributed by atoms with van der Waals surface area (Å²) in [5.74, 6) is 0.141. The van der Waals surface area contributed by atoms with Crippen molar-refractivity contribution in [2.45, 2.75) is 39.0 Å². The first-order chi connectivity index (χ1) is 12.6. The van der Waals surface area contributed by atoms with Gasteiger partial charge in [0.1, 0.15) is 4.88 Å². The molecule has 1 N–H and O–H groups in total. The van der Waals surface area contributed by atoms with Gasteiger partial charge in [-0.15, -0.1) is 5.10 Å². The van der Waals surface area contributed by atoms with Gasteiger partial charge in [0.05, 0.1) is 5.69 Å². The summed E-state index contributed by atoms with van der Waals surface area (Å²) in [4.78, 5) is 32.0. The molecule has 0 aliphatic carbocycles. The smallest absolute Gasteiger partial charge is 0.272 e. The summed E-state index contributed by atoms with van der Waals surface area (Å²) >= 11 is 1.14. The molecule has 4 heterocycles. The first-order valence-corrected chi connectivity index (χ1v) is 9.54. The molecule has 9 heteroatoms. The second-order valence-electron chi connectivity index (χ2n) is 6.62. The molecule has 3 aromatic rings. The standard InChI is InChI=1S/C17H20N6O2S/c1-3-12-7-15(24)23-14(18-12)8-13(20-23)11-5-4-6-22(9-11)17(25)16-10(2)19-21-26-16/h7-8,11,20H,3-6,9H2,1-2H3/t11-/m1/s1. The zero-order valence-corrected chi connectivity index (χ0v) is 15.5. The predicted molar refractivity (Wildman–Crippen MR) is 97.7 cm³/mol. The van der Waals surface area contributed by atoms with Crippen LogP contribution in [-0.2, 0) is 6.42 Å². The van der Waals surface area contributed by atoms with Gasteiger partial charge in [-0.3, -0.25) is 14.7 Å². The molecule has 136 valence electrons. The largest absolute Gasteiger partial charge is 0.337 e. The van der Waals surface area contributed by atoms with E-state index in [1.807, 2.05) is 17.9 Å². The van der Waals surface area contributed by atoms with Gasteiger partial charge in [0.25, 0.3) is 11.5 Å².